The molecule has 1 aromatic carbocycles. The fourth-order valence-corrected chi connectivity index (χ4v) is 2.03. The fraction of sp³-hybridized carbons (Fsp3) is 0.222. The Kier molecular flexibility index (Phi) is 22.2. The summed E-state index contributed by atoms with van der Waals surface area (Å²) in [4.78, 5) is 37.9. The van der Waals surface area contributed by atoms with E-state index in [0.717, 1.165) is 21.8 Å². The van der Waals surface area contributed by atoms with Crippen molar-refractivity contribution < 1.29 is 82.1 Å². The minimum absolute atomic E-state index is 0. The molecule has 3 aromatic rings. The van der Waals surface area contributed by atoms with E-state index in [1.54, 1.807) is 33.2 Å². The first-order chi connectivity index (χ1) is 16.5. The number of hydrogen-bond donors (Lipinski definition) is 0. The Morgan fingerprint density at radius 1 is 0.622 bits per heavy atom. The van der Waals surface area contributed by atoms with Crippen molar-refractivity contribution in [3.05, 3.63) is 83.7 Å². The Morgan fingerprint density at radius 3 is 1.08 bits per heavy atom. The van der Waals surface area contributed by atoms with Crippen molar-refractivity contribution in [2.24, 2.45) is 0 Å². The first kappa shape index (κ1) is 38.7. The summed E-state index contributed by atoms with van der Waals surface area (Å²) in [7, 11) is 0. The van der Waals surface area contributed by atoms with Gasteiger partial charge in [-0.05, 0) is 70.4 Å². The normalized spacial score (nSPS) is 10.6. The number of allylic oxidation sites excluding steroid dienone is 3. The standard InChI is InChI=1S/C12H8N2.3C5H8O2.H2O.Yb/c1-3-9-5-6-10-4-2-8-14-12(10)11(9)13-7-1;3*1-3-4(2)5(6)7;;/h1-8H;3*3H,1-2H3,(H,6,7);1H2;/q;;;;;+3/p-2/b;3*4-3+;;. The zero-order valence-corrected chi connectivity index (χ0v) is 23.3. The molecule has 3 rings (SSSR count). The molecule has 9 nitrogen and oxygen atoms in total. The van der Waals surface area contributed by atoms with E-state index in [2.05, 4.69) is 34.2 Å². The first-order valence-electron chi connectivity index (χ1n) is 10.6. The van der Waals surface area contributed by atoms with Gasteiger partial charge in [-0.15, -0.1) is 0 Å². The Morgan fingerprint density at radius 2 is 0.892 bits per heavy atom. The number of carboxylic acid groups (broad SMARTS) is 3. The monoisotopic (exact) mass is 670 g/mol. The van der Waals surface area contributed by atoms with Crippen LogP contribution in [0.1, 0.15) is 41.5 Å². The van der Waals surface area contributed by atoms with E-state index < -0.39 is 17.9 Å². The van der Waals surface area contributed by atoms with Crippen molar-refractivity contribution in [2.45, 2.75) is 41.5 Å². The average molecular weight is 670 g/mol. The molecule has 3 N–H and O–H groups in total. The van der Waals surface area contributed by atoms with Crippen LogP contribution in [-0.4, -0.2) is 27.9 Å². The van der Waals surface area contributed by atoms with E-state index >= 15 is 0 Å². The SMILES string of the molecule is C/C=C(\C)C(=O)[O-].C/C=C(\C)C(=O)[O-].C/C=C(\C)C(=O)[O-].[OH3+].[Yb+3].c1cnc2c(c1)ccc1cccnc12. The molecule has 0 spiro atoms. The van der Waals surface area contributed by atoms with E-state index in [9.17, 15) is 29.7 Å². The minimum atomic E-state index is -1.09. The van der Waals surface area contributed by atoms with Gasteiger partial charge < -0.3 is 35.2 Å². The van der Waals surface area contributed by atoms with Gasteiger partial charge in [0.2, 0.25) is 0 Å². The zero-order valence-electron chi connectivity index (χ0n) is 21.5. The third-order valence-electron chi connectivity index (χ3n) is 4.61. The third kappa shape index (κ3) is 15.1. The van der Waals surface area contributed by atoms with Crippen LogP contribution in [-0.2, 0) is 19.9 Å². The van der Waals surface area contributed by atoms with Gasteiger partial charge in [-0.3, -0.25) is 9.97 Å². The van der Waals surface area contributed by atoms with Gasteiger partial charge in [0.1, 0.15) is 0 Å². The number of fused-ring (bicyclic) bond motifs is 3. The van der Waals surface area contributed by atoms with Crippen molar-refractivity contribution in [1.82, 2.24) is 9.97 Å². The number of nitrogens with zero attached hydrogens (tertiary/aromatic N) is 2. The minimum Gasteiger partial charge on any atom is -0.545 e. The number of carbonyl (C=O) groups is 3. The van der Waals surface area contributed by atoms with Gasteiger partial charge in [-0.25, -0.2) is 0 Å². The Hall–Kier alpha value is -2.85. The molecule has 0 amide bonds. The number of rotatable bonds is 3. The van der Waals surface area contributed by atoms with Gasteiger partial charge in [0.25, 0.3) is 0 Å². The van der Waals surface area contributed by atoms with E-state index in [0.29, 0.717) is 0 Å². The number of pyridine rings is 2. The third-order valence-corrected chi connectivity index (χ3v) is 4.61. The maximum Gasteiger partial charge on any atom is 3.00 e. The van der Waals surface area contributed by atoms with E-state index in [4.69, 9.17) is 0 Å². The van der Waals surface area contributed by atoms with Crippen LogP contribution >= 0.6 is 0 Å². The van der Waals surface area contributed by atoms with Crippen molar-refractivity contribution >= 4 is 39.7 Å². The molecule has 0 aliphatic carbocycles. The molecule has 1 radical (unpaired) electrons. The van der Waals surface area contributed by atoms with Crippen molar-refractivity contribution in [3.8, 4) is 0 Å². The average Bonchev–Trinajstić information content (AvgIpc) is 2.87. The summed E-state index contributed by atoms with van der Waals surface area (Å²) in [5.41, 5.74) is 2.79. The van der Waals surface area contributed by atoms with Crippen LogP contribution in [0.4, 0.5) is 0 Å². The maximum atomic E-state index is 9.75. The number of carboxylic acids is 3. The summed E-state index contributed by atoms with van der Waals surface area (Å²) in [6.45, 7) is 9.46. The molecular weight excluding hydrogens is 637 g/mol. The second-order valence-electron chi connectivity index (χ2n) is 6.99. The topological polar surface area (TPSA) is 179 Å². The summed E-state index contributed by atoms with van der Waals surface area (Å²) in [6.07, 6.45) is 8.09. The van der Waals surface area contributed by atoms with Crippen LogP contribution in [0, 0.1) is 46.9 Å². The maximum absolute atomic E-state index is 9.75. The van der Waals surface area contributed by atoms with Crippen LogP contribution in [0.2, 0.25) is 0 Å². The molecule has 0 bridgehead atoms. The number of hydrogen-bond acceptors (Lipinski definition) is 8. The molecule has 2 heterocycles. The molecule has 205 valence electrons. The van der Waals surface area contributed by atoms with Gasteiger partial charge in [0.05, 0.1) is 28.9 Å². The number of aromatic nitrogens is 2. The first-order valence-corrected chi connectivity index (χ1v) is 10.6. The molecule has 37 heavy (non-hydrogen) atoms. The van der Waals surface area contributed by atoms with Crippen LogP contribution < -0.4 is 15.3 Å². The Labute approximate surface area is 255 Å². The molecule has 10 heteroatoms. The molecule has 2 aromatic heterocycles. The van der Waals surface area contributed by atoms with E-state index in [1.165, 1.54) is 39.0 Å². The summed E-state index contributed by atoms with van der Waals surface area (Å²) in [6, 6.07) is 12.1. The second-order valence-corrected chi connectivity index (χ2v) is 6.99. The van der Waals surface area contributed by atoms with Crippen LogP contribution in [0.5, 0.6) is 0 Å². The summed E-state index contributed by atoms with van der Waals surface area (Å²) < 4.78 is 0. The summed E-state index contributed by atoms with van der Waals surface area (Å²) >= 11 is 0. The molecule has 0 saturated carbocycles. The van der Waals surface area contributed by atoms with Crippen molar-refractivity contribution in [1.29, 1.82) is 0 Å². The van der Waals surface area contributed by atoms with Crippen LogP contribution in [0.3, 0.4) is 0 Å². The van der Waals surface area contributed by atoms with Gasteiger partial charge in [0.15, 0.2) is 0 Å². The van der Waals surface area contributed by atoms with Gasteiger partial charge in [-0.1, -0.05) is 42.5 Å². The Bertz CT molecular complexity index is 1130. The van der Waals surface area contributed by atoms with Crippen molar-refractivity contribution in [3.63, 3.8) is 0 Å². The molecule has 0 atom stereocenters. The van der Waals surface area contributed by atoms with Crippen molar-refractivity contribution in [2.75, 3.05) is 0 Å². The zero-order chi connectivity index (χ0) is 27.0. The van der Waals surface area contributed by atoms with E-state index in [-0.39, 0.29) is 69.1 Å². The van der Waals surface area contributed by atoms with Gasteiger partial charge in [0, 0.05) is 23.2 Å². The molecule has 0 aliphatic heterocycles. The number of benzene rings is 1. The number of aliphatic carboxylic acids is 3. The summed E-state index contributed by atoms with van der Waals surface area (Å²) in [5, 5.41) is 31.5. The van der Waals surface area contributed by atoms with E-state index in [1.807, 2.05) is 12.1 Å². The molecular formula is C27H32N2O7Yb+. The quantitative estimate of drug-likeness (QED) is 0.225. The largest absolute Gasteiger partial charge is 3.00 e. The second kappa shape index (κ2) is 21.3. The fourth-order valence-electron chi connectivity index (χ4n) is 2.03. The Balaban J connectivity index is -0.000000441. The molecule has 0 unspecified atom stereocenters. The van der Waals surface area contributed by atoms with Gasteiger partial charge in [-0.2, -0.15) is 0 Å². The predicted octanol–water partition coefficient (Wildman–Crippen LogP) is 0.969. The molecule has 0 aliphatic rings. The predicted molar refractivity (Wildman–Crippen MR) is 135 cm³/mol. The summed E-state index contributed by atoms with van der Waals surface area (Å²) in [5.74, 6) is -3.28. The number of carbonyl (C=O) groups excluding carboxylic acids is 3. The van der Waals surface area contributed by atoms with Crippen LogP contribution in [0.15, 0.2) is 83.7 Å². The molecule has 0 saturated heterocycles. The molecule has 0 fully saturated rings. The van der Waals surface area contributed by atoms with Crippen LogP contribution in [0.25, 0.3) is 21.8 Å². The van der Waals surface area contributed by atoms with Gasteiger partial charge >= 0.3 is 46.9 Å². The smallest absolute Gasteiger partial charge is 0.545 e.